The lowest BCUT2D eigenvalue weighted by Gasteiger charge is -2.30. The largest absolute Gasteiger partial charge is 0.336 e. The first-order valence-corrected chi connectivity index (χ1v) is 9.49. The summed E-state index contributed by atoms with van der Waals surface area (Å²) in [5, 5.41) is 3.48. The zero-order chi connectivity index (χ0) is 15.5. The Balaban J connectivity index is 0.00000192. The van der Waals surface area contributed by atoms with Crippen molar-refractivity contribution >= 4 is 30.1 Å². The van der Waals surface area contributed by atoms with E-state index in [9.17, 15) is 4.79 Å². The molecule has 2 aliphatic rings. The second-order valence-electron chi connectivity index (χ2n) is 6.46. The molecular formula is C18H27ClN2OS. The second-order valence-corrected chi connectivity index (χ2v) is 7.61. The molecule has 2 atom stereocenters. The lowest BCUT2D eigenvalue weighted by Crippen LogP contribution is -2.42. The lowest BCUT2D eigenvalue weighted by atomic mass is 9.96. The minimum atomic E-state index is 0. The van der Waals surface area contributed by atoms with Gasteiger partial charge in [0.2, 0.25) is 5.91 Å². The van der Waals surface area contributed by atoms with E-state index in [1.165, 1.54) is 22.4 Å². The second kappa shape index (κ2) is 8.41. The highest BCUT2D eigenvalue weighted by atomic mass is 35.5. The summed E-state index contributed by atoms with van der Waals surface area (Å²) in [4.78, 5) is 14.9. The normalized spacial score (nSPS) is 24.3. The highest BCUT2D eigenvalue weighted by Crippen LogP contribution is 2.35. The van der Waals surface area contributed by atoms with Crippen molar-refractivity contribution in [1.29, 1.82) is 0 Å². The van der Waals surface area contributed by atoms with Gasteiger partial charge >= 0.3 is 0 Å². The molecule has 2 fully saturated rings. The third kappa shape index (κ3) is 4.23. The van der Waals surface area contributed by atoms with Gasteiger partial charge in [-0.3, -0.25) is 4.79 Å². The molecule has 23 heavy (non-hydrogen) atoms. The van der Waals surface area contributed by atoms with Gasteiger partial charge in [-0.2, -0.15) is 11.8 Å². The number of thioether (sulfide) groups is 1. The zero-order valence-electron chi connectivity index (χ0n) is 14.0. The minimum absolute atomic E-state index is 0. The van der Waals surface area contributed by atoms with Crippen LogP contribution in [0.1, 0.15) is 42.0 Å². The molecule has 0 spiro atoms. The maximum absolute atomic E-state index is 12.8. The van der Waals surface area contributed by atoms with Crippen LogP contribution in [0.4, 0.5) is 0 Å². The van der Waals surface area contributed by atoms with Crippen molar-refractivity contribution in [3.63, 3.8) is 0 Å². The molecule has 2 saturated heterocycles. The Kier molecular flexibility index (Phi) is 6.81. The van der Waals surface area contributed by atoms with Crippen LogP contribution in [-0.4, -0.2) is 41.4 Å². The standard InChI is InChI=1S/C18H26N2OS.ClH/c1-13-5-3-6-16(14(13)2)17-7-4-9-20(17)18(21)11-15-12-22-10-8-19-15;/h3,5-6,15,17,19H,4,7-12H2,1-2H3;1H. The number of amides is 1. The van der Waals surface area contributed by atoms with Gasteiger partial charge in [0.1, 0.15) is 0 Å². The van der Waals surface area contributed by atoms with Gasteiger partial charge < -0.3 is 10.2 Å². The predicted molar refractivity (Wildman–Crippen MR) is 101 cm³/mol. The number of likely N-dealkylation sites (tertiary alicyclic amines) is 1. The van der Waals surface area contributed by atoms with Gasteiger partial charge in [-0.05, 0) is 43.4 Å². The molecule has 0 aliphatic carbocycles. The van der Waals surface area contributed by atoms with E-state index < -0.39 is 0 Å². The quantitative estimate of drug-likeness (QED) is 0.901. The van der Waals surface area contributed by atoms with E-state index in [-0.39, 0.29) is 18.4 Å². The van der Waals surface area contributed by atoms with E-state index in [0.717, 1.165) is 31.7 Å². The number of rotatable bonds is 3. The van der Waals surface area contributed by atoms with Crippen molar-refractivity contribution in [2.24, 2.45) is 0 Å². The smallest absolute Gasteiger partial charge is 0.224 e. The fourth-order valence-corrected chi connectivity index (χ4v) is 4.55. The number of carbonyl (C=O) groups excluding carboxylic acids is 1. The van der Waals surface area contributed by atoms with Crippen molar-refractivity contribution in [3.8, 4) is 0 Å². The van der Waals surface area contributed by atoms with Gasteiger partial charge in [-0.1, -0.05) is 18.2 Å². The molecule has 128 valence electrons. The molecule has 1 aromatic rings. The Bertz CT molecular complexity index is 546. The van der Waals surface area contributed by atoms with E-state index >= 15 is 0 Å². The number of hydrogen-bond acceptors (Lipinski definition) is 3. The van der Waals surface area contributed by atoms with Crippen LogP contribution >= 0.6 is 24.2 Å². The maximum Gasteiger partial charge on any atom is 0.224 e. The van der Waals surface area contributed by atoms with E-state index in [1.54, 1.807) is 0 Å². The van der Waals surface area contributed by atoms with Gasteiger partial charge in [0.05, 0.1) is 6.04 Å². The molecule has 5 heteroatoms. The molecule has 0 aromatic heterocycles. The molecule has 1 amide bonds. The Morgan fingerprint density at radius 1 is 1.39 bits per heavy atom. The fourth-order valence-electron chi connectivity index (χ4n) is 3.60. The van der Waals surface area contributed by atoms with Gasteiger partial charge in [-0.25, -0.2) is 0 Å². The Morgan fingerprint density at radius 2 is 2.22 bits per heavy atom. The topological polar surface area (TPSA) is 32.3 Å². The first-order valence-electron chi connectivity index (χ1n) is 8.33. The van der Waals surface area contributed by atoms with Crippen molar-refractivity contribution in [1.82, 2.24) is 10.2 Å². The summed E-state index contributed by atoms with van der Waals surface area (Å²) in [6.07, 6.45) is 2.87. The van der Waals surface area contributed by atoms with Crippen LogP contribution in [0.2, 0.25) is 0 Å². The number of halogens is 1. The Labute approximate surface area is 150 Å². The van der Waals surface area contributed by atoms with Gasteiger partial charge in [0.25, 0.3) is 0 Å². The summed E-state index contributed by atoms with van der Waals surface area (Å²) in [5.74, 6) is 2.55. The first kappa shape index (κ1) is 18.6. The number of aryl methyl sites for hydroxylation is 1. The average Bonchev–Trinajstić information content (AvgIpc) is 3.00. The van der Waals surface area contributed by atoms with Crippen LogP contribution in [0.3, 0.4) is 0 Å². The SMILES string of the molecule is Cc1cccc(C2CCCN2C(=O)CC2CSCCN2)c1C.Cl. The van der Waals surface area contributed by atoms with E-state index in [1.807, 2.05) is 11.8 Å². The van der Waals surface area contributed by atoms with Gasteiger partial charge in [0.15, 0.2) is 0 Å². The molecule has 1 N–H and O–H groups in total. The van der Waals surface area contributed by atoms with Crippen molar-refractivity contribution in [3.05, 3.63) is 34.9 Å². The molecule has 0 radical (unpaired) electrons. The van der Waals surface area contributed by atoms with Crippen LogP contribution in [0, 0.1) is 13.8 Å². The molecule has 2 unspecified atom stereocenters. The monoisotopic (exact) mass is 354 g/mol. The molecule has 3 nitrogen and oxygen atoms in total. The van der Waals surface area contributed by atoms with Crippen LogP contribution in [0.5, 0.6) is 0 Å². The summed E-state index contributed by atoms with van der Waals surface area (Å²) in [5.41, 5.74) is 4.01. The summed E-state index contributed by atoms with van der Waals surface area (Å²) in [6.45, 7) is 6.29. The number of benzene rings is 1. The highest BCUT2D eigenvalue weighted by molar-refractivity contribution is 7.99. The van der Waals surface area contributed by atoms with Gasteiger partial charge in [-0.15, -0.1) is 12.4 Å². The Morgan fingerprint density at radius 3 is 2.96 bits per heavy atom. The van der Waals surface area contributed by atoms with E-state index in [0.29, 0.717) is 18.4 Å². The molecule has 0 bridgehead atoms. The van der Waals surface area contributed by atoms with Crippen LogP contribution in [-0.2, 0) is 4.79 Å². The first-order chi connectivity index (χ1) is 10.7. The number of nitrogens with zero attached hydrogens (tertiary/aromatic N) is 1. The number of hydrogen-bond donors (Lipinski definition) is 1. The number of carbonyl (C=O) groups is 1. The molecule has 1 aromatic carbocycles. The lowest BCUT2D eigenvalue weighted by molar-refractivity contribution is -0.132. The third-order valence-corrected chi connectivity index (χ3v) is 6.13. The summed E-state index contributed by atoms with van der Waals surface area (Å²) < 4.78 is 0. The maximum atomic E-state index is 12.8. The molecule has 0 saturated carbocycles. The fraction of sp³-hybridized carbons (Fsp3) is 0.611. The van der Waals surface area contributed by atoms with Gasteiger partial charge in [0, 0.05) is 37.1 Å². The molecule has 3 rings (SSSR count). The molecular weight excluding hydrogens is 328 g/mol. The van der Waals surface area contributed by atoms with Crippen molar-refractivity contribution in [2.45, 2.75) is 45.2 Å². The average molecular weight is 355 g/mol. The summed E-state index contributed by atoms with van der Waals surface area (Å²) in [7, 11) is 0. The Hall–Kier alpha value is -0.710. The predicted octanol–water partition coefficient (Wildman–Crippen LogP) is 3.48. The number of nitrogens with one attached hydrogen (secondary N) is 1. The van der Waals surface area contributed by atoms with Crippen molar-refractivity contribution in [2.75, 3.05) is 24.6 Å². The van der Waals surface area contributed by atoms with E-state index in [2.05, 4.69) is 42.3 Å². The van der Waals surface area contributed by atoms with Crippen LogP contribution in [0.15, 0.2) is 18.2 Å². The minimum Gasteiger partial charge on any atom is -0.336 e. The summed E-state index contributed by atoms with van der Waals surface area (Å²) >= 11 is 1.96. The van der Waals surface area contributed by atoms with Crippen molar-refractivity contribution < 1.29 is 4.79 Å². The van der Waals surface area contributed by atoms with Crippen LogP contribution in [0.25, 0.3) is 0 Å². The molecule has 2 heterocycles. The zero-order valence-corrected chi connectivity index (χ0v) is 15.6. The molecule has 2 aliphatic heterocycles. The van der Waals surface area contributed by atoms with E-state index in [4.69, 9.17) is 0 Å². The van der Waals surface area contributed by atoms with Crippen LogP contribution < -0.4 is 5.32 Å². The third-order valence-electron chi connectivity index (χ3n) is 5.00. The summed E-state index contributed by atoms with van der Waals surface area (Å²) in [6, 6.07) is 7.11. The highest BCUT2D eigenvalue weighted by Gasteiger charge is 2.32.